The zero-order valence-electron chi connectivity index (χ0n) is 10.3. The monoisotopic (exact) mass is 269 g/mol. The van der Waals surface area contributed by atoms with E-state index in [1.165, 1.54) is 0 Å². The van der Waals surface area contributed by atoms with Crippen molar-refractivity contribution >= 4 is 27.5 Å². The first-order valence-electron chi connectivity index (χ1n) is 5.84. The molecule has 94 valence electrons. The summed E-state index contributed by atoms with van der Waals surface area (Å²) in [5.41, 5.74) is 3.21. The highest BCUT2D eigenvalue weighted by Gasteiger charge is 2.06. The van der Waals surface area contributed by atoms with Crippen LogP contribution in [0.5, 0.6) is 0 Å². The molecule has 1 aromatic heterocycles. The van der Waals surface area contributed by atoms with Crippen molar-refractivity contribution in [1.29, 1.82) is 0 Å². The maximum absolute atomic E-state index is 11.0. The summed E-state index contributed by atoms with van der Waals surface area (Å²) < 4.78 is 1.12. The average Bonchev–Trinajstić information content (AvgIpc) is 2.77. The highest BCUT2D eigenvalue weighted by Crippen LogP contribution is 2.28. The maximum atomic E-state index is 11.0. The molecular weight excluding hydrogens is 258 g/mol. The van der Waals surface area contributed by atoms with Crippen LogP contribution in [0, 0.1) is 6.92 Å². The second kappa shape index (κ2) is 4.48. The highest BCUT2D eigenvalue weighted by molar-refractivity contribution is 7.18. The number of nitrogens with zero attached hydrogens (tertiary/aromatic N) is 1. The van der Waals surface area contributed by atoms with Crippen molar-refractivity contribution in [1.82, 2.24) is 4.98 Å². The molecule has 0 saturated carbocycles. The Kier molecular flexibility index (Phi) is 2.80. The molecule has 0 bridgehead atoms. The summed E-state index contributed by atoms with van der Waals surface area (Å²) in [6.45, 7) is 1.98. The molecule has 0 spiro atoms. The molecule has 0 amide bonds. The Morgan fingerprint density at radius 2 is 1.95 bits per heavy atom. The van der Waals surface area contributed by atoms with Gasteiger partial charge in [0.25, 0.3) is 0 Å². The predicted octanol–water partition coefficient (Wildman–Crippen LogP) is 3.97. The normalized spacial score (nSPS) is 10.8. The lowest BCUT2D eigenvalue weighted by Crippen LogP contribution is -1.95. The summed E-state index contributed by atoms with van der Waals surface area (Å²) in [5, 5.41) is 10.1. The topological polar surface area (TPSA) is 50.2 Å². The van der Waals surface area contributed by atoms with E-state index >= 15 is 0 Å². The molecule has 0 aliphatic carbocycles. The van der Waals surface area contributed by atoms with Gasteiger partial charge < -0.3 is 5.11 Å². The number of benzene rings is 2. The lowest BCUT2D eigenvalue weighted by Gasteiger charge is -2.03. The van der Waals surface area contributed by atoms with Crippen LogP contribution in [0.25, 0.3) is 21.3 Å². The molecule has 1 heterocycles. The van der Waals surface area contributed by atoms with Crippen LogP contribution in [0.2, 0.25) is 0 Å². The zero-order valence-corrected chi connectivity index (χ0v) is 11.1. The summed E-state index contributed by atoms with van der Waals surface area (Å²) in [6.07, 6.45) is 0. The molecule has 0 fully saturated rings. The van der Waals surface area contributed by atoms with Crippen LogP contribution in [0.4, 0.5) is 0 Å². The predicted molar refractivity (Wildman–Crippen MR) is 76.8 cm³/mol. The van der Waals surface area contributed by atoms with E-state index in [4.69, 9.17) is 5.11 Å². The van der Waals surface area contributed by atoms with Gasteiger partial charge in [-0.15, -0.1) is 11.3 Å². The van der Waals surface area contributed by atoms with Crippen molar-refractivity contribution in [2.24, 2.45) is 0 Å². The third-order valence-electron chi connectivity index (χ3n) is 2.94. The number of hydrogen-bond donors (Lipinski definition) is 1. The van der Waals surface area contributed by atoms with Gasteiger partial charge in [0.1, 0.15) is 0 Å². The summed E-state index contributed by atoms with van der Waals surface area (Å²) >= 11 is 1.64. The van der Waals surface area contributed by atoms with E-state index < -0.39 is 5.97 Å². The highest BCUT2D eigenvalue weighted by atomic mass is 32.1. The smallest absolute Gasteiger partial charge is 0.335 e. The Balaban J connectivity index is 2.12. The molecule has 1 N–H and O–H groups in total. The molecular formula is C15H11NO2S. The van der Waals surface area contributed by atoms with Crippen LogP contribution in [-0.2, 0) is 0 Å². The van der Waals surface area contributed by atoms with Gasteiger partial charge >= 0.3 is 5.97 Å². The van der Waals surface area contributed by atoms with E-state index in [0.29, 0.717) is 5.56 Å². The first-order chi connectivity index (χ1) is 9.13. The molecule has 0 radical (unpaired) electrons. The average molecular weight is 269 g/mol. The molecule has 2 aromatic carbocycles. The second-order valence-corrected chi connectivity index (χ2v) is 5.54. The van der Waals surface area contributed by atoms with Crippen molar-refractivity contribution in [3.05, 3.63) is 53.0 Å². The number of carboxylic acid groups (broad SMARTS) is 1. The first kappa shape index (κ1) is 11.9. The van der Waals surface area contributed by atoms with Crippen molar-refractivity contribution in [3.63, 3.8) is 0 Å². The number of fused-ring (bicyclic) bond motifs is 1. The minimum Gasteiger partial charge on any atom is -0.478 e. The molecule has 19 heavy (non-hydrogen) atoms. The SMILES string of the molecule is Cc1nc2ccc(-c3cccc(C(=O)O)c3)cc2s1. The third-order valence-corrected chi connectivity index (χ3v) is 3.87. The summed E-state index contributed by atoms with van der Waals surface area (Å²) in [7, 11) is 0. The van der Waals surface area contributed by atoms with Gasteiger partial charge in [0, 0.05) is 0 Å². The standard InChI is InChI=1S/C15H11NO2S/c1-9-16-13-6-5-11(8-14(13)19-9)10-3-2-4-12(7-10)15(17)18/h2-8H,1H3,(H,17,18). The first-order valence-corrected chi connectivity index (χ1v) is 6.66. The van der Waals surface area contributed by atoms with Gasteiger partial charge in [-0.3, -0.25) is 0 Å². The fourth-order valence-electron chi connectivity index (χ4n) is 2.05. The minimum absolute atomic E-state index is 0.304. The van der Waals surface area contributed by atoms with Gasteiger partial charge in [-0.2, -0.15) is 0 Å². The summed E-state index contributed by atoms with van der Waals surface area (Å²) in [6, 6.07) is 13.0. The Morgan fingerprint density at radius 3 is 2.74 bits per heavy atom. The van der Waals surface area contributed by atoms with Crippen LogP contribution in [-0.4, -0.2) is 16.1 Å². The number of thiazole rings is 1. The van der Waals surface area contributed by atoms with Crippen LogP contribution < -0.4 is 0 Å². The molecule has 0 aliphatic rings. The van der Waals surface area contributed by atoms with Crippen LogP contribution in [0.1, 0.15) is 15.4 Å². The van der Waals surface area contributed by atoms with E-state index in [9.17, 15) is 4.79 Å². The summed E-state index contributed by atoms with van der Waals surface area (Å²) in [4.78, 5) is 15.4. The Hall–Kier alpha value is -2.20. The van der Waals surface area contributed by atoms with Gasteiger partial charge in [-0.05, 0) is 42.3 Å². The molecule has 3 aromatic rings. The van der Waals surface area contributed by atoms with Crippen molar-refractivity contribution in [3.8, 4) is 11.1 Å². The fraction of sp³-hybridized carbons (Fsp3) is 0.0667. The molecule has 0 aliphatic heterocycles. The lowest BCUT2D eigenvalue weighted by atomic mass is 10.0. The second-order valence-electron chi connectivity index (χ2n) is 4.30. The van der Waals surface area contributed by atoms with Crippen molar-refractivity contribution in [2.45, 2.75) is 6.92 Å². The zero-order chi connectivity index (χ0) is 13.4. The van der Waals surface area contributed by atoms with E-state index in [0.717, 1.165) is 26.4 Å². The Morgan fingerprint density at radius 1 is 1.16 bits per heavy atom. The van der Waals surface area contributed by atoms with Crippen molar-refractivity contribution in [2.75, 3.05) is 0 Å². The number of aromatic carboxylic acids is 1. The molecule has 0 atom stereocenters. The largest absolute Gasteiger partial charge is 0.478 e. The van der Waals surface area contributed by atoms with Crippen LogP contribution >= 0.6 is 11.3 Å². The lowest BCUT2D eigenvalue weighted by molar-refractivity contribution is 0.0697. The van der Waals surface area contributed by atoms with Crippen LogP contribution in [0.15, 0.2) is 42.5 Å². The number of rotatable bonds is 2. The molecule has 3 rings (SSSR count). The van der Waals surface area contributed by atoms with Gasteiger partial charge in [0.05, 0.1) is 20.8 Å². The van der Waals surface area contributed by atoms with Gasteiger partial charge in [0.2, 0.25) is 0 Å². The summed E-state index contributed by atoms with van der Waals surface area (Å²) in [5.74, 6) is -0.906. The van der Waals surface area contributed by atoms with E-state index in [1.54, 1.807) is 29.5 Å². The Labute approximate surface area is 114 Å². The molecule has 0 saturated heterocycles. The van der Waals surface area contributed by atoms with Gasteiger partial charge in [-0.25, -0.2) is 9.78 Å². The minimum atomic E-state index is -0.906. The maximum Gasteiger partial charge on any atom is 0.335 e. The van der Waals surface area contributed by atoms with E-state index in [2.05, 4.69) is 11.1 Å². The van der Waals surface area contributed by atoms with E-state index in [1.807, 2.05) is 25.1 Å². The molecule has 0 unspecified atom stereocenters. The Bertz CT molecular complexity index is 777. The van der Waals surface area contributed by atoms with Gasteiger partial charge in [-0.1, -0.05) is 18.2 Å². The molecule has 3 nitrogen and oxygen atoms in total. The van der Waals surface area contributed by atoms with E-state index in [-0.39, 0.29) is 0 Å². The number of aromatic nitrogens is 1. The molecule has 4 heteroatoms. The number of hydrogen-bond acceptors (Lipinski definition) is 3. The third kappa shape index (κ3) is 2.22. The fourth-order valence-corrected chi connectivity index (χ4v) is 2.92. The van der Waals surface area contributed by atoms with Crippen molar-refractivity contribution < 1.29 is 9.90 Å². The number of aryl methyl sites for hydroxylation is 1. The number of carboxylic acids is 1. The quantitative estimate of drug-likeness (QED) is 0.765. The number of carbonyl (C=O) groups is 1. The van der Waals surface area contributed by atoms with Gasteiger partial charge in [0.15, 0.2) is 0 Å². The van der Waals surface area contributed by atoms with Crippen LogP contribution in [0.3, 0.4) is 0 Å².